The molecule has 3 rings (SSSR count). The molecule has 0 spiro atoms. The largest absolute Gasteiger partial charge is 0.496 e. The molecule has 0 saturated carbocycles. The fourth-order valence-electron chi connectivity index (χ4n) is 3.11. The maximum atomic E-state index is 12.6. The molecule has 0 aliphatic carbocycles. The molecule has 0 saturated heterocycles. The van der Waals surface area contributed by atoms with Crippen molar-refractivity contribution in [3.05, 3.63) is 81.6 Å². The molecule has 0 aliphatic rings. The van der Waals surface area contributed by atoms with Crippen molar-refractivity contribution in [3.8, 4) is 11.5 Å². The van der Waals surface area contributed by atoms with Crippen LogP contribution >= 0.6 is 15.9 Å². The van der Waals surface area contributed by atoms with Gasteiger partial charge in [0.15, 0.2) is 0 Å². The zero-order valence-electron chi connectivity index (χ0n) is 18.8. The molecule has 0 radical (unpaired) electrons. The van der Waals surface area contributed by atoms with Gasteiger partial charge in [0, 0.05) is 31.4 Å². The number of carbonyl (C=O) groups excluding carboxylic acids is 1. The number of halogens is 1. The van der Waals surface area contributed by atoms with Gasteiger partial charge in [-0.25, -0.2) is 0 Å². The van der Waals surface area contributed by atoms with E-state index in [4.69, 9.17) is 9.47 Å². The van der Waals surface area contributed by atoms with Crippen LogP contribution < -0.4 is 9.47 Å². The van der Waals surface area contributed by atoms with Gasteiger partial charge >= 0.3 is 0 Å². The molecule has 1 aromatic heterocycles. The zero-order chi connectivity index (χ0) is 23.1. The van der Waals surface area contributed by atoms with E-state index in [1.807, 2.05) is 67.2 Å². The second-order valence-corrected chi connectivity index (χ2v) is 8.33. The van der Waals surface area contributed by atoms with E-state index < -0.39 is 0 Å². The van der Waals surface area contributed by atoms with Crippen molar-refractivity contribution in [3.63, 3.8) is 0 Å². The van der Waals surface area contributed by atoms with Gasteiger partial charge < -0.3 is 14.4 Å². The number of carbonyl (C=O) groups is 1. The van der Waals surface area contributed by atoms with Crippen molar-refractivity contribution in [2.75, 3.05) is 14.2 Å². The Morgan fingerprint density at radius 3 is 2.62 bits per heavy atom. The minimum Gasteiger partial charge on any atom is -0.496 e. The van der Waals surface area contributed by atoms with Gasteiger partial charge in [-0.15, -0.1) is 0 Å². The van der Waals surface area contributed by atoms with Gasteiger partial charge in [-0.3, -0.25) is 9.48 Å². The maximum Gasteiger partial charge on any atom is 0.246 e. The molecule has 6 nitrogen and oxygen atoms in total. The van der Waals surface area contributed by atoms with Crippen LogP contribution in [0.1, 0.15) is 29.3 Å². The number of hydrogen-bond donors (Lipinski definition) is 0. The van der Waals surface area contributed by atoms with E-state index in [2.05, 4.69) is 21.0 Å². The molecular formula is C25H28BrN3O3. The molecule has 1 heterocycles. The first-order valence-electron chi connectivity index (χ1n) is 10.4. The zero-order valence-corrected chi connectivity index (χ0v) is 20.4. The van der Waals surface area contributed by atoms with Crippen LogP contribution in [0.4, 0.5) is 0 Å². The molecule has 0 fully saturated rings. The van der Waals surface area contributed by atoms with Crippen molar-refractivity contribution in [1.82, 2.24) is 14.7 Å². The normalized spacial score (nSPS) is 11.0. The lowest BCUT2D eigenvalue weighted by molar-refractivity contribution is -0.125. The monoisotopic (exact) mass is 497 g/mol. The topological polar surface area (TPSA) is 56.6 Å². The fourth-order valence-corrected chi connectivity index (χ4v) is 3.56. The summed E-state index contributed by atoms with van der Waals surface area (Å²) < 4.78 is 14.1. The summed E-state index contributed by atoms with van der Waals surface area (Å²) in [6.07, 6.45) is 5.28. The predicted octanol–water partition coefficient (Wildman–Crippen LogP) is 5.23. The average molecular weight is 498 g/mol. The van der Waals surface area contributed by atoms with Crippen molar-refractivity contribution < 1.29 is 14.3 Å². The number of aromatic nitrogens is 2. The van der Waals surface area contributed by atoms with E-state index in [9.17, 15) is 4.79 Å². The molecule has 2 aromatic carbocycles. The number of rotatable bonds is 9. The number of nitrogens with zero attached hydrogens (tertiary/aromatic N) is 3. The van der Waals surface area contributed by atoms with Crippen LogP contribution in [0.3, 0.4) is 0 Å². The van der Waals surface area contributed by atoms with Gasteiger partial charge in [0.05, 0.1) is 23.8 Å². The summed E-state index contributed by atoms with van der Waals surface area (Å²) in [6, 6.07) is 13.7. The van der Waals surface area contributed by atoms with Gasteiger partial charge in [-0.2, -0.15) is 5.10 Å². The highest BCUT2D eigenvalue weighted by molar-refractivity contribution is 9.10. The highest BCUT2D eigenvalue weighted by atomic mass is 79.9. The smallest absolute Gasteiger partial charge is 0.246 e. The van der Waals surface area contributed by atoms with Crippen LogP contribution in [0, 0.1) is 6.92 Å². The lowest BCUT2D eigenvalue weighted by atomic mass is 10.1. The Kier molecular flexibility index (Phi) is 8.11. The minimum absolute atomic E-state index is 0.101. The molecule has 0 aliphatic heterocycles. The third kappa shape index (κ3) is 6.23. The molecular weight excluding hydrogens is 470 g/mol. The summed E-state index contributed by atoms with van der Waals surface area (Å²) in [5.41, 5.74) is 3.82. The van der Waals surface area contributed by atoms with Crippen molar-refractivity contribution in [2.24, 2.45) is 0 Å². The van der Waals surface area contributed by atoms with E-state index in [0.29, 0.717) is 13.2 Å². The fraction of sp³-hybridized carbons (Fsp3) is 0.280. The Labute approximate surface area is 197 Å². The van der Waals surface area contributed by atoms with Crippen molar-refractivity contribution >= 4 is 27.9 Å². The third-order valence-corrected chi connectivity index (χ3v) is 5.67. The van der Waals surface area contributed by atoms with Gasteiger partial charge in [-0.05, 0) is 65.7 Å². The molecule has 3 aromatic rings. The number of ether oxygens (including phenoxy) is 2. The first-order chi connectivity index (χ1) is 15.4. The quantitative estimate of drug-likeness (QED) is 0.379. The van der Waals surface area contributed by atoms with Gasteiger partial charge in [0.2, 0.25) is 5.91 Å². The number of benzene rings is 2. The highest BCUT2D eigenvalue weighted by Gasteiger charge is 2.12. The van der Waals surface area contributed by atoms with Crippen molar-refractivity contribution in [2.45, 2.75) is 33.5 Å². The Hall–Kier alpha value is -3.06. The molecule has 0 atom stereocenters. The van der Waals surface area contributed by atoms with Crippen LogP contribution in [0.5, 0.6) is 11.5 Å². The van der Waals surface area contributed by atoms with Crippen LogP contribution in [0.15, 0.2) is 59.2 Å². The number of methoxy groups -OCH3 is 1. The van der Waals surface area contributed by atoms with E-state index in [1.54, 1.807) is 31.2 Å². The molecule has 0 unspecified atom stereocenters. The predicted molar refractivity (Wildman–Crippen MR) is 130 cm³/mol. The molecule has 7 heteroatoms. The summed E-state index contributed by atoms with van der Waals surface area (Å²) in [5.74, 6) is 1.44. The number of amides is 1. The van der Waals surface area contributed by atoms with Gasteiger partial charge in [0.1, 0.15) is 18.1 Å². The molecule has 0 N–H and O–H groups in total. The minimum atomic E-state index is -0.101. The Balaban J connectivity index is 1.66. The van der Waals surface area contributed by atoms with E-state index in [1.165, 1.54) is 5.56 Å². The van der Waals surface area contributed by atoms with E-state index in [-0.39, 0.29) is 5.91 Å². The Morgan fingerprint density at radius 1 is 1.22 bits per heavy atom. The first-order valence-corrected chi connectivity index (χ1v) is 11.2. The molecule has 32 heavy (non-hydrogen) atoms. The number of likely N-dealkylation sites (N-methyl/N-ethyl adjacent to an activating group) is 1. The standard InChI is InChI=1S/C25H28BrN3O3/c1-5-29-15-22(26)23(27-29)16-28(3)25(30)13-9-19-8-12-24(31-4)20(14-19)17-32-21-10-6-18(2)7-11-21/h6-15H,5,16-17H2,1-4H3/b13-9+. The average Bonchev–Trinajstić information content (AvgIpc) is 3.16. The third-order valence-electron chi connectivity index (χ3n) is 5.01. The SMILES string of the molecule is CCn1cc(Br)c(CN(C)C(=O)/C=C/c2ccc(OC)c(COc3ccc(C)cc3)c2)n1. The Morgan fingerprint density at radius 2 is 1.97 bits per heavy atom. The molecule has 168 valence electrons. The second-order valence-electron chi connectivity index (χ2n) is 7.48. The molecule has 0 bridgehead atoms. The van der Waals surface area contributed by atoms with Crippen LogP contribution in [-0.2, 0) is 24.5 Å². The number of aryl methyl sites for hydroxylation is 2. The first kappa shape index (κ1) is 23.6. The van der Waals surface area contributed by atoms with Crippen molar-refractivity contribution in [1.29, 1.82) is 0 Å². The second kappa shape index (κ2) is 11.0. The van der Waals surface area contributed by atoms with Gasteiger partial charge in [-0.1, -0.05) is 23.8 Å². The maximum absolute atomic E-state index is 12.6. The summed E-state index contributed by atoms with van der Waals surface area (Å²) in [7, 11) is 3.40. The summed E-state index contributed by atoms with van der Waals surface area (Å²) in [5, 5.41) is 4.47. The summed E-state index contributed by atoms with van der Waals surface area (Å²) in [4.78, 5) is 14.2. The van der Waals surface area contributed by atoms with Crippen LogP contribution in [-0.4, -0.2) is 34.7 Å². The molecule has 1 amide bonds. The summed E-state index contributed by atoms with van der Waals surface area (Å²) in [6.45, 7) is 5.64. The Bertz CT molecular complexity index is 1090. The van der Waals surface area contributed by atoms with Crippen LogP contribution in [0.25, 0.3) is 6.08 Å². The number of hydrogen-bond acceptors (Lipinski definition) is 4. The lowest BCUT2D eigenvalue weighted by Gasteiger charge is -2.14. The van der Waals surface area contributed by atoms with Gasteiger partial charge in [0.25, 0.3) is 0 Å². The van der Waals surface area contributed by atoms with Crippen LogP contribution in [0.2, 0.25) is 0 Å². The summed E-state index contributed by atoms with van der Waals surface area (Å²) >= 11 is 3.50. The van der Waals surface area contributed by atoms with E-state index in [0.717, 1.165) is 39.3 Å². The highest BCUT2D eigenvalue weighted by Crippen LogP contribution is 2.23. The van der Waals surface area contributed by atoms with E-state index >= 15 is 0 Å². The lowest BCUT2D eigenvalue weighted by Crippen LogP contribution is -2.24.